The third-order valence-electron chi connectivity index (χ3n) is 2.62. The summed E-state index contributed by atoms with van der Waals surface area (Å²) in [5, 5.41) is 1.22. The molecule has 0 radical (unpaired) electrons. The van der Waals surface area contributed by atoms with Gasteiger partial charge in [-0.25, -0.2) is 0 Å². The van der Waals surface area contributed by atoms with Gasteiger partial charge >= 0.3 is 0 Å². The maximum absolute atomic E-state index is 5.91. The van der Waals surface area contributed by atoms with Crippen molar-refractivity contribution in [3.05, 3.63) is 36.0 Å². The number of aryl methyl sites for hydroxylation is 1. The molecule has 1 aromatic heterocycles. The molecular weight excluding hydrogens is 174 g/mol. The van der Waals surface area contributed by atoms with E-state index >= 15 is 0 Å². The Labute approximate surface area is 83.3 Å². The molecule has 0 aliphatic heterocycles. The molecule has 0 aliphatic rings. The van der Waals surface area contributed by atoms with E-state index in [1.807, 2.05) is 19.2 Å². The van der Waals surface area contributed by atoms with Crippen molar-refractivity contribution in [2.45, 2.75) is 6.04 Å². The third-order valence-corrected chi connectivity index (χ3v) is 2.62. The van der Waals surface area contributed by atoms with E-state index in [0.717, 1.165) is 5.69 Å². The van der Waals surface area contributed by atoms with Crippen LogP contribution in [0.15, 0.2) is 30.3 Å². The predicted octanol–water partition coefficient (Wildman–Crippen LogP) is 1.14. The molecule has 1 aromatic carbocycles. The van der Waals surface area contributed by atoms with Crippen molar-refractivity contribution in [2.24, 2.45) is 18.5 Å². The second kappa shape index (κ2) is 3.44. The van der Waals surface area contributed by atoms with Gasteiger partial charge in [-0.2, -0.15) is 0 Å². The van der Waals surface area contributed by atoms with Gasteiger partial charge in [-0.05, 0) is 17.5 Å². The number of fused-ring (bicyclic) bond motifs is 1. The van der Waals surface area contributed by atoms with Crippen LogP contribution in [-0.4, -0.2) is 11.1 Å². The number of hydrogen-bond acceptors (Lipinski definition) is 2. The predicted molar refractivity (Wildman–Crippen MR) is 58.9 cm³/mol. The van der Waals surface area contributed by atoms with Crippen LogP contribution in [0.4, 0.5) is 0 Å². The Bertz CT molecular complexity index is 445. The number of nitrogens with zero attached hydrogens (tertiary/aromatic N) is 1. The maximum atomic E-state index is 5.91. The molecule has 74 valence electrons. The van der Waals surface area contributed by atoms with E-state index < -0.39 is 0 Å². The highest BCUT2D eigenvalue weighted by Gasteiger charge is 2.10. The molecule has 0 spiro atoms. The van der Waals surface area contributed by atoms with E-state index in [0.29, 0.717) is 6.54 Å². The summed E-state index contributed by atoms with van der Waals surface area (Å²) >= 11 is 0. The summed E-state index contributed by atoms with van der Waals surface area (Å²) in [6, 6.07) is 10.3. The maximum Gasteiger partial charge on any atom is 0.0574 e. The number of rotatable bonds is 2. The molecule has 4 N–H and O–H groups in total. The van der Waals surface area contributed by atoms with Crippen molar-refractivity contribution in [1.29, 1.82) is 0 Å². The van der Waals surface area contributed by atoms with Gasteiger partial charge in [-0.15, -0.1) is 0 Å². The van der Waals surface area contributed by atoms with E-state index in [1.54, 1.807) is 0 Å². The Balaban J connectivity index is 2.62. The van der Waals surface area contributed by atoms with Crippen molar-refractivity contribution in [2.75, 3.05) is 6.54 Å². The van der Waals surface area contributed by atoms with Crippen molar-refractivity contribution in [3.8, 4) is 0 Å². The summed E-state index contributed by atoms with van der Waals surface area (Å²) in [4.78, 5) is 0. The second-order valence-corrected chi connectivity index (χ2v) is 3.53. The van der Waals surface area contributed by atoms with E-state index in [1.165, 1.54) is 10.9 Å². The lowest BCUT2D eigenvalue weighted by atomic mass is 10.2. The minimum Gasteiger partial charge on any atom is -0.346 e. The van der Waals surface area contributed by atoms with Crippen LogP contribution in [0.5, 0.6) is 0 Å². The highest BCUT2D eigenvalue weighted by molar-refractivity contribution is 5.81. The van der Waals surface area contributed by atoms with Crippen molar-refractivity contribution < 1.29 is 0 Å². The molecule has 2 aromatic rings. The SMILES string of the molecule is Cn1c(C(N)CN)cc2ccccc21. The molecule has 3 nitrogen and oxygen atoms in total. The molecule has 0 saturated heterocycles. The Hall–Kier alpha value is -1.32. The van der Waals surface area contributed by atoms with Gasteiger partial charge in [0.15, 0.2) is 0 Å². The van der Waals surface area contributed by atoms with Gasteiger partial charge in [-0.1, -0.05) is 18.2 Å². The summed E-state index contributed by atoms with van der Waals surface area (Å²) in [6.45, 7) is 0.476. The molecule has 1 atom stereocenters. The summed E-state index contributed by atoms with van der Waals surface area (Å²) in [5.74, 6) is 0. The largest absolute Gasteiger partial charge is 0.346 e. The molecule has 0 bridgehead atoms. The number of aromatic nitrogens is 1. The van der Waals surface area contributed by atoms with Gasteiger partial charge in [-0.3, -0.25) is 0 Å². The highest BCUT2D eigenvalue weighted by Crippen LogP contribution is 2.21. The average molecular weight is 189 g/mol. The van der Waals surface area contributed by atoms with Gasteiger partial charge in [0, 0.05) is 24.8 Å². The Morgan fingerprint density at radius 1 is 1.36 bits per heavy atom. The minimum absolute atomic E-state index is 0.0765. The fraction of sp³-hybridized carbons (Fsp3) is 0.273. The number of para-hydroxylation sites is 1. The van der Waals surface area contributed by atoms with E-state index in [9.17, 15) is 0 Å². The van der Waals surface area contributed by atoms with Crippen LogP contribution < -0.4 is 11.5 Å². The normalized spacial score (nSPS) is 13.4. The molecule has 1 unspecified atom stereocenters. The van der Waals surface area contributed by atoms with Crippen LogP contribution >= 0.6 is 0 Å². The number of hydrogen-bond donors (Lipinski definition) is 2. The average Bonchev–Trinajstić information content (AvgIpc) is 2.56. The minimum atomic E-state index is -0.0765. The first-order valence-electron chi connectivity index (χ1n) is 4.74. The van der Waals surface area contributed by atoms with Gasteiger partial charge in [0.1, 0.15) is 0 Å². The van der Waals surface area contributed by atoms with E-state index in [2.05, 4.69) is 22.8 Å². The Morgan fingerprint density at radius 3 is 2.71 bits per heavy atom. The lowest BCUT2D eigenvalue weighted by Crippen LogP contribution is -2.22. The molecule has 0 saturated carbocycles. The highest BCUT2D eigenvalue weighted by atomic mass is 15.0. The van der Waals surface area contributed by atoms with Gasteiger partial charge in [0.2, 0.25) is 0 Å². The van der Waals surface area contributed by atoms with Crippen LogP contribution in [0.3, 0.4) is 0 Å². The number of benzene rings is 1. The van der Waals surface area contributed by atoms with Crippen LogP contribution in [-0.2, 0) is 7.05 Å². The molecular formula is C11H15N3. The molecule has 3 heteroatoms. The quantitative estimate of drug-likeness (QED) is 0.744. The van der Waals surface area contributed by atoms with E-state index in [4.69, 9.17) is 11.5 Å². The van der Waals surface area contributed by atoms with Crippen LogP contribution in [0, 0.1) is 0 Å². The zero-order valence-electron chi connectivity index (χ0n) is 8.27. The standard InChI is InChI=1S/C11H15N3/c1-14-10-5-3-2-4-8(10)6-11(14)9(13)7-12/h2-6,9H,7,12-13H2,1H3. The monoisotopic (exact) mass is 189 g/mol. The fourth-order valence-corrected chi connectivity index (χ4v) is 1.79. The zero-order valence-corrected chi connectivity index (χ0v) is 8.27. The van der Waals surface area contributed by atoms with Gasteiger partial charge < -0.3 is 16.0 Å². The first-order chi connectivity index (χ1) is 6.74. The summed E-state index contributed by atoms with van der Waals surface area (Å²) in [6.07, 6.45) is 0. The lowest BCUT2D eigenvalue weighted by Gasteiger charge is -2.10. The third kappa shape index (κ3) is 1.31. The van der Waals surface area contributed by atoms with Crippen LogP contribution in [0.1, 0.15) is 11.7 Å². The molecule has 0 fully saturated rings. The molecule has 1 heterocycles. The van der Waals surface area contributed by atoms with Crippen molar-refractivity contribution >= 4 is 10.9 Å². The molecule has 0 aliphatic carbocycles. The second-order valence-electron chi connectivity index (χ2n) is 3.53. The smallest absolute Gasteiger partial charge is 0.0574 e. The van der Waals surface area contributed by atoms with Crippen LogP contribution in [0.25, 0.3) is 10.9 Å². The van der Waals surface area contributed by atoms with Gasteiger partial charge in [0.25, 0.3) is 0 Å². The van der Waals surface area contributed by atoms with Crippen LogP contribution in [0.2, 0.25) is 0 Å². The molecule has 0 amide bonds. The Morgan fingerprint density at radius 2 is 2.07 bits per heavy atom. The lowest BCUT2D eigenvalue weighted by molar-refractivity contribution is 0.675. The first kappa shape index (κ1) is 9.24. The summed E-state index contributed by atoms with van der Waals surface area (Å²) < 4.78 is 2.10. The molecule has 2 rings (SSSR count). The topological polar surface area (TPSA) is 57.0 Å². The zero-order chi connectivity index (χ0) is 10.1. The summed E-state index contributed by atoms with van der Waals surface area (Å²) in [7, 11) is 2.02. The first-order valence-corrected chi connectivity index (χ1v) is 4.74. The Kier molecular flexibility index (Phi) is 2.27. The number of nitrogens with two attached hydrogens (primary N) is 2. The van der Waals surface area contributed by atoms with E-state index in [-0.39, 0.29) is 6.04 Å². The summed E-state index contributed by atoms with van der Waals surface area (Å²) in [5.41, 5.74) is 13.8. The van der Waals surface area contributed by atoms with Crippen molar-refractivity contribution in [3.63, 3.8) is 0 Å². The van der Waals surface area contributed by atoms with Crippen molar-refractivity contribution in [1.82, 2.24) is 4.57 Å². The fourth-order valence-electron chi connectivity index (χ4n) is 1.79. The van der Waals surface area contributed by atoms with Gasteiger partial charge in [0.05, 0.1) is 6.04 Å². The molecule has 14 heavy (non-hydrogen) atoms.